The first kappa shape index (κ1) is 18.3. The van der Waals surface area contributed by atoms with Gasteiger partial charge in [-0.25, -0.2) is 4.79 Å². The molecule has 132 valence electrons. The summed E-state index contributed by atoms with van der Waals surface area (Å²) in [6.07, 6.45) is 2.15. The number of urea groups is 1. The number of benzene rings is 1. The Morgan fingerprint density at radius 3 is 2.62 bits per heavy atom. The van der Waals surface area contributed by atoms with E-state index in [1.54, 1.807) is 19.0 Å². The molecule has 24 heavy (non-hydrogen) atoms. The Hall–Kier alpha value is -2.08. The molecule has 1 N–H and O–H groups in total. The van der Waals surface area contributed by atoms with Crippen LogP contribution in [0.5, 0.6) is 0 Å². The number of amides is 3. The number of carbonyl (C=O) groups is 2. The Morgan fingerprint density at radius 2 is 2.00 bits per heavy atom. The molecule has 3 amide bonds. The van der Waals surface area contributed by atoms with Gasteiger partial charge in [0.25, 0.3) is 0 Å². The highest BCUT2D eigenvalue weighted by Gasteiger charge is 2.27. The summed E-state index contributed by atoms with van der Waals surface area (Å²) in [7, 11) is 7.61. The van der Waals surface area contributed by atoms with Gasteiger partial charge in [-0.3, -0.25) is 4.79 Å². The molecule has 1 aromatic rings. The van der Waals surface area contributed by atoms with E-state index < -0.39 is 0 Å². The molecule has 6 heteroatoms. The molecule has 1 aromatic carbocycles. The van der Waals surface area contributed by atoms with Crippen LogP contribution in [0, 0.1) is 0 Å². The number of hydrogen-bond acceptors (Lipinski definition) is 3. The summed E-state index contributed by atoms with van der Waals surface area (Å²) in [4.78, 5) is 29.7. The number of likely N-dealkylation sites (N-methyl/N-ethyl adjacent to an activating group) is 1. The summed E-state index contributed by atoms with van der Waals surface area (Å²) in [5, 5.41) is 2.97. The molecule has 1 atom stereocenters. The van der Waals surface area contributed by atoms with Crippen molar-refractivity contribution in [2.24, 2.45) is 0 Å². The Morgan fingerprint density at radius 1 is 1.25 bits per heavy atom. The van der Waals surface area contributed by atoms with Gasteiger partial charge in [-0.1, -0.05) is 12.1 Å². The molecule has 0 aromatic heterocycles. The summed E-state index contributed by atoms with van der Waals surface area (Å²) in [5.74, 6) is 0.108. The first-order chi connectivity index (χ1) is 11.4. The molecule has 0 unspecified atom stereocenters. The number of carbonyl (C=O) groups excluding carboxylic acids is 2. The van der Waals surface area contributed by atoms with Gasteiger partial charge in [0.05, 0.1) is 0 Å². The average Bonchev–Trinajstić information content (AvgIpc) is 3.03. The van der Waals surface area contributed by atoms with Gasteiger partial charge in [0.15, 0.2) is 0 Å². The normalized spacial score (nSPS) is 17.2. The van der Waals surface area contributed by atoms with Crippen LogP contribution in [0.4, 0.5) is 10.5 Å². The quantitative estimate of drug-likeness (QED) is 0.896. The summed E-state index contributed by atoms with van der Waals surface area (Å²) in [5.41, 5.74) is 1.83. The van der Waals surface area contributed by atoms with Crippen molar-refractivity contribution in [3.05, 3.63) is 29.8 Å². The first-order valence-corrected chi connectivity index (χ1v) is 8.38. The Balaban J connectivity index is 1.90. The van der Waals surface area contributed by atoms with E-state index in [1.807, 2.05) is 43.3 Å². The molecule has 1 heterocycles. The van der Waals surface area contributed by atoms with Crippen molar-refractivity contribution in [1.82, 2.24) is 14.7 Å². The van der Waals surface area contributed by atoms with Crippen molar-refractivity contribution in [2.45, 2.75) is 25.3 Å². The fraction of sp³-hybridized carbons (Fsp3) is 0.556. The van der Waals surface area contributed by atoms with E-state index in [2.05, 4.69) is 10.2 Å². The molecule has 1 saturated heterocycles. The van der Waals surface area contributed by atoms with E-state index in [4.69, 9.17) is 0 Å². The molecular weight excluding hydrogens is 304 g/mol. The van der Waals surface area contributed by atoms with Crippen LogP contribution in [0.15, 0.2) is 24.3 Å². The number of nitrogens with one attached hydrogen (secondary N) is 1. The number of likely N-dealkylation sites (tertiary alicyclic amines) is 1. The van der Waals surface area contributed by atoms with Crippen molar-refractivity contribution in [3.63, 3.8) is 0 Å². The van der Waals surface area contributed by atoms with Crippen LogP contribution in [0.25, 0.3) is 0 Å². The minimum absolute atomic E-state index is 0.0548. The lowest BCUT2D eigenvalue weighted by Gasteiger charge is -2.21. The van der Waals surface area contributed by atoms with Crippen molar-refractivity contribution in [2.75, 3.05) is 46.6 Å². The van der Waals surface area contributed by atoms with E-state index in [0.717, 1.165) is 30.8 Å². The molecule has 0 radical (unpaired) electrons. The zero-order chi connectivity index (χ0) is 17.7. The van der Waals surface area contributed by atoms with Crippen LogP contribution in [0.2, 0.25) is 0 Å². The van der Waals surface area contributed by atoms with Gasteiger partial charge in [0.1, 0.15) is 0 Å². The number of rotatable bonds is 5. The number of anilines is 1. The third kappa shape index (κ3) is 4.96. The highest BCUT2D eigenvalue weighted by atomic mass is 16.2. The maximum absolute atomic E-state index is 12.4. The lowest BCUT2D eigenvalue weighted by atomic mass is 10.1. The first-order valence-electron chi connectivity index (χ1n) is 8.38. The second kappa shape index (κ2) is 8.15. The van der Waals surface area contributed by atoms with Gasteiger partial charge in [0, 0.05) is 45.3 Å². The molecular formula is C18H28N4O2. The Labute approximate surface area is 144 Å². The van der Waals surface area contributed by atoms with Crippen LogP contribution in [0.3, 0.4) is 0 Å². The molecule has 1 aliphatic heterocycles. The molecule has 2 rings (SSSR count). The lowest BCUT2D eigenvalue weighted by molar-refractivity contribution is -0.128. The largest absolute Gasteiger partial charge is 0.349 e. The maximum Gasteiger partial charge on any atom is 0.321 e. The lowest BCUT2D eigenvalue weighted by Crippen LogP contribution is -2.36. The number of hydrogen-bond donors (Lipinski definition) is 1. The number of aryl methyl sites for hydroxylation is 1. The van der Waals surface area contributed by atoms with Crippen LogP contribution in [-0.2, 0) is 11.2 Å². The van der Waals surface area contributed by atoms with Crippen LogP contribution in [-0.4, -0.2) is 74.0 Å². The minimum atomic E-state index is -0.0548. The van der Waals surface area contributed by atoms with Gasteiger partial charge in [-0.2, -0.15) is 0 Å². The topological polar surface area (TPSA) is 55.9 Å². The second-order valence-corrected chi connectivity index (χ2v) is 6.77. The van der Waals surface area contributed by atoms with Gasteiger partial charge >= 0.3 is 6.03 Å². The van der Waals surface area contributed by atoms with Gasteiger partial charge in [-0.15, -0.1) is 0 Å². The Bertz CT molecular complexity index is 586. The number of nitrogens with zero attached hydrogens (tertiary/aromatic N) is 3. The van der Waals surface area contributed by atoms with Crippen molar-refractivity contribution < 1.29 is 9.59 Å². The van der Waals surface area contributed by atoms with E-state index in [-0.39, 0.29) is 11.9 Å². The standard InChI is InChI=1S/C18H28N4O2/c1-20(2)16-10-11-22(13-16)18(24)19-15-7-5-6-14(12-15)8-9-17(23)21(3)4/h5-7,12,16H,8-11,13H2,1-4H3,(H,19,24)/t16-/m1/s1. The summed E-state index contributed by atoms with van der Waals surface area (Å²) < 4.78 is 0. The van der Waals surface area contributed by atoms with Gasteiger partial charge < -0.3 is 20.0 Å². The second-order valence-electron chi connectivity index (χ2n) is 6.77. The molecule has 0 saturated carbocycles. The van der Waals surface area contributed by atoms with Crippen molar-refractivity contribution in [3.8, 4) is 0 Å². The van der Waals surface area contributed by atoms with Gasteiger partial charge in [0.2, 0.25) is 5.91 Å². The zero-order valence-electron chi connectivity index (χ0n) is 15.1. The average molecular weight is 332 g/mol. The molecule has 1 fully saturated rings. The summed E-state index contributed by atoms with van der Waals surface area (Å²) in [6, 6.07) is 8.10. The Kier molecular flexibility index (Phi) is 6.20. The maximum atomic E-state index is 12.4. The smallest absolute Gasteiger partial charge is 0.321 e. The van der Waals surface area contributed by atoms with Crippen LogP contribution < -0.4 is 5.32 Å². The molecule has 1 aliphatic rings. The monoisotopic (exact) mass is 332 g/mol. The fourth-order valence-electron chi connectivity index (χ4n) is 2.83. The molecule has 0 aliphatic carbocycles. The molecule has 0 bridgehead atoms. The SMILES string of the molecule is CN(C)C(=O)CCc1cccc(NC(=O)N2CC[C@@H](N(C)C)C2)c1. The van der Waals surface area contributed by atoms with Crippen molar-refractivity contribution in [1.29, 1.82) is 0 Å². The van der Waals surface area contributed by atoms with Crippen LogP contribution >= 0.6 is 0 Å². The third-order valence-corrected chi connectivity index (χ3v) is 4.49. The third-order valence-electron chi connectivity index (χ3n) is 4.49. The molecule has 6 nitrogen and oxygen atoms in total. The zero-order valence-corrected chi connectivity index (χ0v) is 15.1. The summed E-state index contributed by atoms with van der Waals surface area (Å²) in [6.45, 7) is 1.54. The van der Waals surface area contributed by atoms with E-state index in [0.29, 0.717) is 18.9 Å². The highest BCUT2D eigenvalue weighted by molar-refractivity contribution is 5.89. The minimum Gasteiger partial charge on any atom is -0.349 e. The summed E-state index contributed by atoms with van der Waals surface area (Å²) >= 11 is 0. The van der Waals surface area contributed by atoms with E-state index in [1.165, 1.54) is 0 Å². The predicted molar refractivity (Wildman–Crippen MR) is 96.1 cm³/mol. The molecule has 0 spiro atoms. The van der Waals surface area contributed by atoms with Gasteiger partial charge in [-0.05, 0) is 44.6 Å². The van der Waals surface area contributed by atoms with E-state index in [9.17, 15) is 9.59 Å². The van der Waals surface area contributed by atoms with Crippen molar-refractivity contribution >= 4 is 17.6 Å². The highest BCUT2D eigenvalue weighted by Crippen LogP contribution is 2.17. The van der Waals surface area contributed by atoms with E-state index >= 15 is 0 Å². The predicted octanol–water partition coefficient (Wildman–Crippen LogP) is 1.88. The van der Waals surface area contributed by atoms with Crippen LogP contribution in [0.1, 0.15) is 18.4 Å². The fourth-order valence-corrected chi connectivity index (χ4v) is 2.83.